The highest BCUT2D eigenvalue weighted by Gasteiger charge is 2.15. The molecule has 0 aliphatic carbocycles. The number of aryl methyl sites for hydroxylation is 1. The van der Waals surface area contributed by atoms with Crippen molar-refractivity contribution >= 4 is 33.3 Å². The average Bonchev–Trinajstić information content (AvgIpc) is 3.19. The Balaban J connectivity index is 1.60. The smallest absolute Gasteiger partial charge is 0.302 e. The number of rotatable bonds is 4. The number of fused-ring (bicyclic) bond motifs is 1. The molecule has 2 heterocycles. The molecule has 0 aliphatic rings. The van der Waals surface area contributed by atoms with Gasteiger partial charge in [-0.2, -0.15) is 0 Å². The number of halogens is 1. The van der Waals surface area contributed by atoms with E-state index in [1.165, 1.54) is 35.1 Å². The fraction of sp³-hybridized carbons (Fsp3) is 0.143. The van der Waals surface area contributed by atoms with E-state index in [2.05, 4.69) is 10.3 Å². The normalized spacial score (nSPS) is 11.0. The van der Waals surface area contributed by atoms with Crippen LogP contribution in [-0.4, -0.2) is 20.0 Å². The Kier molecular flexibility index (Phi) is 5.04. The minimum atomic E-state index is -0.440. The summed E-state index contributed by atoms with van der Waals surface area (Å²) in [5.41, 5.74) is 1.50. The highest BCUT2D eigenvalue weighted by molar-refractivity contribution is 7.14. The van der Waals surface area contributed by atoms with Gasteiger partial charge in [0.05, 0.1) is 23.0 Å². The van der Waals surface area contributed by atoms with E-state index in [1.807, 2.05) is 0 Å². The summed E-state index contributed by atoms with van der Waals surface area (Å²) in [4.78, 5) is 41.7. The second-order valence-electron chi connectivity index (χ2n) is 6.79. The van der Waals surface area contributed by atoms with Crippen LogP contribution in [0.5, 0.6) is 0 Å². The molecule has 0 saturated carbocycles. The Bertz CT molecular complexity index is 1390. The Morgan fingerprint density at radius 2 is 1.83 bits per heavy atom. The number of hydrogen-bond acceptors (Lipinski definition) is 5. The van der Waals surface area contributed by atoms with Crippen LogP contribution in [0.3, 0.4) is 0 Å². The van der Waals surface area contributed by atoms with E-state index >= 15 is 0 Å². The number of carbonyl (C=O) groups is 1. The number of carbonyl (C=O) groups excluding carboxylic acids is 1. The highest BCUT2D eigenvalue weighted by atomic mass is 32.1. The zero-order chi connectivity index (χ0) is 21.4. The molecule has 1 amide bonds. The van der Waals surface area contributed by atoms with Crippen LogP contribution in [0.1, 0.15) is 5.56 Å². The lowest BCUT2D eigenvalue weighted by Gasteiger charge is -2.10. The van der Waals surface area contributed by atoms with Crippen LogP contribution in [0.4, 0.5) is 9.52 Å². The predicted molar refractivity (Wildman–Crippen MR) is 114 cm³/mol. The van der Waals surface area contributed by atoms with Crippen molar-refractivity contribution in [2.24, 2.45) is 14.1 Å². The molecular weight excluding hydrogens is 407 g/mol. The average molecular weight is 424 g/mol. The van der Waals surface area contributed by atoms with Crippen LogP contribution in [0.25, 0.3) is 22.2 Å². The molecule has 7 nitrogen and oxygen atoms in total. The van der Waals surface area contributed by atoms with Gasteiger partial charge in [0.25, 0.3) is 5.56 Å². The monoisotopic (exact) mass is 424 g/mol. The number of benzene rings is 2. The Morgan fingerprint density at radius 3 is 2.57 bits per heavy atom. The summed E-state index contributed by atoms with van der Waals surface area (Å²) in [6.07, 6.45) is -0.0454. The molecule has 0 unspecified atom stereocenters. The number of thiazole rings is 1. The van der Waals surface area contributed by atoms with E-state index in [4.69, 9.17) is 0 Å². The number of aromatic nitrogens is 3. The van der Waals surface area contributed by atoms with Crippen molar-refractivity contribution in [3.05, 3.63) is 80.1 Å². The van der Waals surface area contributed by atoms with Gasteiger partial charge < -0.3 is 5.32 Å². The maximum Gasteiger partial charge on any atom is 0.330 e. The largest absolute Gasteiger partial charge is 0.330 e. The molecule has 152 valence electrons. The Hall–Kier alpha value is -3.59. The molecule has 2 aromatic heterocycles. The number of anilines is 1. The lowest BCUT2D eigenvalue weighted by atomic mass is 10.1. The van der Waals surface area contributed by atoms with Crippen LogP contribution in [-0.2, 0) is 25.3 Å². The standard InChI is InChI=1S/C21H17FN4O3S/c1-25-16-5-3-4-13(18(16)19(28)26(2)21(25)29)10-17(27)24-20-23-15(11-30-20)12-6-8-14(22)9-7-12/h3-9,11H,10H2,1-2H3,(H,23,24,27). The Morgan fingerprint density at radius 1 is 1.10 bits per heavy atom. The van der Waals surface area contributed by atoms with Crippen molar-refractivity contribution in [1.29, 1.82) is 0 Å². The summed E-state index contributed by atoms with van der Waals surface area (Å²) in [5, 5.41) is 5.24. The summed E-state index contributed by atoms with van der Waals surface area (Å²) in [6, 6.07) is 11.0. The van der Waals surface area contributed by atoms with E-state index in [-0.39, 0.29) is 18.1 Å². The fourth-order valence-electron chi connectivity index (χ4n) is 3.26. The van der Waals surface area contributed by atoms with Crippen molar-refractivity contribution in [3.8, 4) is 11.3 Å². The first kappa shape index (κ1) is 19.7. The van der Waals surface area contributed by atoms with Gasteiger partial charge in [-0.05, 0) is 35.9 Å². The second kappa shape index (κ2) is 7.68. The second-order valence-corrected chi connectivity index (χ2v) is 7.64. The Labute approximate surface area is 174 Å². The topological polar surface area (TPSA) is 86.0 Å². The molecule has 0 radical (unpaired) electrons. The van der Waals surface area contributed by atoms with Gasteiger partial charge >= 0.3 is 5.69 Å². The summed E-state index contributed by atoms with van der Waals surface area (Å²) >= 11 is 1.25. The van der Waals surface area contributed by atoms with Gasteiger partial charge in [0, 0.05) is 25.0 Å². The molecule has 4 aromatic rings. The van der Waals surface area contributed by atoms with Crippen LogP contribution >= 0.6 is 11.3 Å². The number of nitrogens with one attached hydrogen (secondary N) is 1. The van der Waals surface area contributed by atoms with Gasteiger partial charge in [-0.15, -0.1) is 11.3 Å². The summed E-state index contributed by atoms with van der Waals surface area (Å²) in [7, 11) is 2.99. The maximum absolute atomic E-state index is 13.1. The molecule has 0 aliphatic heterocycles. The van der Waals surface area contributed by atoms with Crippen molar-refractivity contribution in [2.75, 3.05) is 5.32 Å². The molecule has 0 saturated heterocycles. The number of nitrogens with zero attached hydrogens (tertiary/aromatic N) is 3. The van der Waals surface area contributed by atoms with Gasteiger partial charge in [0.15, 0.2) is 5.13 Å². The van der Waals surface area contributed by atoms with Crippen LogP contribution < -0.4 is 16.6 Å². The summed E-state index contributed by atoms with van der Waals surface area (Å²) in [6.45, 7) is 0. The minimum Gasteiger partial charge on any atom is -0.302 e. The van der Waals surface area contributed by atoms with E-state index in [9.17, 15) is 18.8 Å². The fourth-order valence-corrected chi connectivity index (χ4v) is 4.00. The predicted octanol–water partition coefficient (Wildman–Crippen LogP) is 2.68. The van der Waals surface area contributed by atoms with E-state index in [1.54, 1.807) is 42.8 Å². The first-order valence-corrected chi connectivity index (χ1v) is 9.92. The van der Waals surface area contributed by atoms with Crippen molar-refractivity contribution in [1.82, 2.24) is 14.1 Å². The quantitative estimate of drug-likeness (QED) is 0.546. The van der Waals surface area contributed by atoms with Gasteiger partial charge in [-0.3, -0.25) is 18.7 Å². The zero-order valence-electron chi connectivity index (χ0n) is 16.2. The van der Waals surface area contributed by atoms with Crippen molar-refractivity contribution < 1.29 is 9.18 Å². The first-order valence-electron chi connectivity index (χ1n) is 9.04. The first-order chi connectivity index (χ1) is 14.3. The van der Waals surface area contributed by atoms with E-state index < -0.39 is 11.2 Å². The molecule has 0 atom stereocenters. The molecule has 0 spiro atoms. The van der Waals surface area contributed by atoms with Gasteiger partial charge in [0.1, 0.15) is 5.82 Å². The van der Waals surface area contributed by atoms with Crippen LogP contribution in [0, 0.1) is 5.82 Å². The van der Waals surface area contributed by atoms with Crippen LogP contribution in [0.15, 0.2) is 57.4 Å². The molecule has 4 rings (SSSR count). The maximum atomic E-state index is 13.1. The van der Waals surface area contributed by atoms with Gasteiger partial charge in [-0.1, -0.05) is 12.1 Å². The van der Waals surface area contributed by atoms with Gasteiger partial charge in [0.2, 0.25) is 5.91 Å². The van der Waals surface area contributed by atoms with Crippen molar-refractivity contribution in [3.63, 3.8) is 0 Å². The van der Waals surface area contributed by atoms with Gasteiger partial charge in [-0.25, -0.2) is 14.2 Å². The summed E-state index contributed by atoms with van der Waals surface area (Å²) < 4.78 is 15.5. The molecule has 0 fully saturated rings. The SMILES string of the molecule is Cn1c(=O)c2c(CC(=O)Nc3nc(-c4ccc(F)cc4)cs3)cccc2n(C)c1=O. The minimum absolute atomic E-state index is 0.0454. The molecule has 1 N–H and O–H groups in total. The molecule has 0 bridgehead atoms. The lowest BCUT2D eigenvalue weighted by molar-refractivity contribution is -0.115. The third-order valence-electron chi connectivity index (χ3n) is 4.82. The molecular formula is C21H17FN4O3S. The highest BCUT2D eigenvalue weighted by Crippen LogP contribution is 2.25. The number of amides is 1. The molecule has 2 aromatic carbocycles. The van der Waals surface area contributed by atoms with Crippen molar-refractivity contribution in [2.45, 2.75) is 6.42 Å². The van der Waals surface area contributed by atoms with E-state index in [0.717, 1.165) is 10.1 Å². The third kappa shape index (κ3) is 3.55. The zero-order valence-corrected chi connectivity index (χ0v) is 17.0. The number of hydrogen-bond donors (Lipinski definition) is 1. The third-order valence-corrected chi connectivity index (χ3v) is 5.58. The van der Waals surface area contributed by atoms with E-state index in [0.29, 0.717) is 27.3 Å². The molecule has 30 heavy (non-hydrogen) atoms. The van der Waals surface area contributed by atoms with Crippen LogP contribution in [0.2, 0.25) is 0 Å². The summed E-state index contributed by atoms with van der Waals surface area (Å²) in [5.74, 6) is -0.667. The lowest BCUT2D eigenvalue weighted by Crippen LogP contribution is -2.37. The molecule has 9 heteroatoms.